The molecule has 0 saturated heterocycles. The number of aromatic nitrogens is 2. The Balaban J connectivity index is 1.99. The summed E-state index contributed by atoms with van der Waals surface area (Å²) in [7, 11) is 4.42. The number of aryl methyl sites for hydroxylation is 2. The monoisotopic (exact) mass is 453 g/mol. The van der Waals surface area contributed by atoms with Gasteiger partial charge >= 0.3 is 0 Å². The van der Waals surface area contributed by atoms with Crippen molar-refractivity contribution in [1.29, 1.82) is 0 Å². The molecule has 0 radical (unpaired) electrons. The molecule has 0 aliphatic heterocycles. The van der Waals surface area contributed by atoms with E-state index < -0.39 is 10.0 Å². The third-order valence-electron chi connectivity index (χ3n) is 4.94. The van der Waals surface area contributed by atoms with E-state index in [0.717, 1.165) is 9.82 Å². The standard InChI is InChI=1S/C20H31N5O5S/c1-23(2)31(28,29)15-7-8-17-16(13-15)22-18(25(17)4)9-10-20(27)24(3)14-19(26)21-11-6-12-30-5/h7-8,13H,6,9-12,14H2,1-5H3,(H,21,26). The highest BCUT2D eigenvalue weighted by molar-refractivity contribution is 7.89. The first-order valence-electron chi connectivity index (χ1n) is 9.95. The molecule has 0 aliphatic carbocycles. The van der Waals surface area contributed by atoms with Gasteiger partial charge in [0.25, 0.3) is 0 Å². The Morgan fingerprint density at radius 3 is 2.58 bits per heavy atom. The van der Waals surface area contributed by atoms with E-state index in [1.807, 2.05) is 11.6 Å². The third-order valence-corrected chi connectivity index (χ3v) is 6.75. The van der Waals surface area contributed by atoms with Gasteiger partial charge in [-0.05, 0) is 24.6 Å². The van der Waals surface area contributed by atoms with E-state index in [9.17, 15) is 18.0 Å². The predicted molar refractivity (Wildman–Crippen MR) is 117 cm³/mol. The molecular formula is C20H31N5O5S. The highest BCUT2D eigenvalue weighted by atomic mass is 32.2. The van der Waals surface area contributed by atoms with Crippen LogP contribution in [0.25, 0.3) is 11.0 Å². The summed E-state index contributed by atoms with van der Waals surface area (Å²) >= 11 is 0. The number of likely N-dealkylation sites (N-methyl/N-ethyl adjacent to an activating group) is 1. The van der Waals surface area contributed by atoms with Gasteiger partial charge in [0.1, 0.15) is 5.82 Å². The number of rotatable bonds is 11. The molecule has 31 heavy (non-hydrogen) atoms. The molecule has 0 fully saturated rings. The van der Waals surface area contributed by atoms with Crippen LogP contribution in [0.4, 0.5) is 0 Å². The Bertz CT molecular complexity index is 1030. The smallest absolute Gasteiger partial charge is 0.242 e. The first kappa shape index (κ1) is 24.8. The number of imidazole rings is 1. The molecular weight excluding hydrogens is 422 g/mol. The minimum atomic E-state index is -3.55. The lowest BCUT2D eigenvalue weighted by molar-refractivity contribution is -0.134. The number of nitrogens with one attached hydrogen (secondary N) is 1. The molecule has 0 saturated carbocycles. The molecule has 1 N–H and O–H groups in total. The number of ether oxygens (including phenoxy) is 1. The zero-order valence-electron chi connectivity index (χ0n) is 18.7. The largest absolute Gasteiger partial charge is 0.385 e. The molecule has 1 aromatic heterocycles. The lowest BCUT2D eigenvalue weighted by atomic mass is 10.2. The SMILES string of the molecule is COCCCNC(=O)CN(C)C(=O)CCc1nc2cc(S(=O)(=O)N(C)C)ccc2n1C. The molecule has 2 rings (SSSR count). The van der Waals surface area contributed by atoms with Crippen LogP contribution in [0.1, 0.15) is 18.7 Å². The molecule has 0 atom stereocenters. The van der Waals surface area contributed by atoms with Crippen LogP contribution in [0.5, 0.6) is 0 Å². The zero-order chi connectivity index (χ0) is 23.2. The number of hydrogen-bond donors (Lipinski definition) is 1. The Kier molecular flexibility index (Phi) is 8.54. The van der Waals surface area contributed by atoms with Crippen LogP contribution in [-0.2, 0) is 37.8 Å². The molecule has 0 bridgehead atoms. The molecule has 172 valence electrons. The van der Waals surface area contributed by atoms with Crippen molar-refractivity contribution < 1.29 is 22.7 Å². The first-order chi connectivity index (χ1) is 14.6. The van der Waals surface area contributed by atoms with Crippen LogP contribution in [0.3, 0.4) is 0 Å². The summed E-state index contributed by atoms with van der Waals surface area (Å²) in [6, 6.07) is 4.80. The van der Waals surface area contributed by atoms with Crippen LogP contribution in [-0.4, -0.2) is 86.9 Å². The third kappa shape index (κ3) is 6.25. The molecule has 1 aromatic carbocycles. The van der Waals surface area contributed by atoms with Crippen molar-refractivity contribution in [3.05, 3.63) is 24.0 Å². The number of amides is 2. The normalized spacial score (nSPS) is 11.8. The van der Waals surface area contributed by atoms with Gasteiger partial charge < -0.3 is 19.5 Å². The summed E-state index contributed by atoms with van der Waals surface area (Å²) in [6.45, 7) is 1.05. The molecule has 2 amide bonds. The highest BCUT2D eigenvalue weighted by Crippen LogP contribution is 2.22. The molecule has 0 unspecified atom stereocenters. The van der Waals surface area contributed by atoms with Crippen LogP contribution in [0.2, 0.25) is 0 Å². The van der Waals surface area contributed by atoms with Gasteiger partial charge in [-0.3, -0.25) is 9.59 Å². The van der Waals surface area contributed by atoms with Gasteiger partial charge in [-0.2, -0.15) is 0 Å². The zero-order valence-corrected chi connectivity index (χ0v) is 19.5. The van der Waals surface area contributed by atoms with Crippen molar-refractivity contribution in [2.24, 2.45) is 7.05 Å². The second-order valence-corrected chi connectivity index (χ2v) is 9.62. The van der Waals surface area contributed by atoms with Gasteiger partial charge in [-0.15, -0.1) is 0 Å². The first-order valence-corrected chi connectivity index (χ1v) is 11.4. The summed E-state index contributed by atoms with van der Waals surface area (Å²) in [6.07, 6.45) is 1.28. The molecule has 11 heteroatoms. The fourth-order valence-corrected chi connectivity index (χ4v) is 3.96. The number of sulfonamides is 1. The van der Waals surface area contributed by atoms with Crippen LogP contribution >= 0.6 is 0 Å². The van der Waals surface area contributed by atoms with Crippen molar-refractivity contribution in [2.45, 2.75) is 24.2 Å². The highest BCUT2D eigenvalue weighted by Gasteiger charge is 2.20. The topological polar surface area (TPSA) is 114 Å². The van der Waals surface area contributed by atoms with Gasteiger partial charge in [-0.25, -0.2) is 17.7 Å². The van der Waals surface area contributed by atoms with Crippen molar-refractivity contribution in [3.63, 3.8) is 0 Å². The fraction of sp³-hybridized carbons (Fsp3) is 0.550. The number of nitrogens with zero attached hydrogens (tertiary/aromatic N) is 4. The predicted octanol–water partition coefficient (Wildman–Crippen LogP) is 0.367. The van der Waals surface area contributed by atoms with Gasteiger partial charge in [0.15, 0.2) is 0 Å². The van der Waals surface area contributed by atoms with E-state index in [4.69, 9.17) is 4.74 Å². The quantitative estimate of drug-likeness (QED) is 0.492. The summed E-state index contributed by atoms with van der Waals surface area (Å²) in [5.74, 6) is 0.277. The van der Waals surface area contributed by atoms with E-state index in [0.29, 0.717) is 37.3 Å². The van der Waals surface area contributed by atoms with Gasteiger partial charge in [-0.1, -0.05) is 0 Å². The van der Waals surface area contributed by atoms with E-state index in [2.05, 4.69) is 10.3 Å². The van der Waals surface area contributed by atoms with Crippen LogP contribution in [0, 0.1) is 0 Å². The minimum absolute atomic E-state index is 0.0138. The maximum absolute atomic E-state index is 12.4. The number of fused-ring (bicyclic) bond motifs is 1. The number of carbonyl (C=O) groups is 2. The second-order valence-electron chi connectivity index (χ2n) is 7.47. The number of carbonyl (C=O) groups excluding carboxylic acids is 2. The molecule has 0 spiro atoms. The maximum atomic E-state index is 12.4. The van der Waals surface area contributed by atoms with E-state index in [1.54, 1.807) is 26.3 Å². The van der Waals surface area contributed by atoms with Crippen molar-refractivity contribution in [1.82, 2.24) is 24.1 Å². The maximum Gasteiger partial charge on any atom is 0.242 e. The van der Waals surface area contributed by atoms with Crippen molar-refractivity contribution in [3.8, 4) is 0 Å². The average molecular weight is 454 g/mol. The van der Waals surface area contributed by atoms with Crippen LogP contribution < -0.4 is 5.32 Å². The molecule has 0 aliphatic rings. The number of hydrogen-bond acceptors (Lipinski definition) is 6. The minimum Gasteiger partial charge on any atom is -0.385 e. The van der Waals surface area contributed by atoms with Gasteiger partial charge in [0, 0.05) is 61.3 Å². The lowest BCUT2D eigenvalue weighted by Crippen LogP contribution is -2.39. The van der Waals surface area contributed by atoms with E-state index in [1.165, 1.54) is 25.1 Å². The number of methoxy groups -OCH3 is 1. The Morgan fingerprint density at radius 2 is 1.94 bits per heavy atom. The summed E-state index contributed by atoms with van der Waals surface area (Å²) in [5, 5.41) is 2.75. The van der Waals surface area contributed by atoms with Gasteiger partial charge in [0.2, 0.25) is 21.8 Å². The average Bonchev–Trinajstić information content (AvgIpc) is 3.04. The van der Waals surface area contributed by atoms with Crippen molar-refractivity contribution >= 4 is 32.9 Å². The fourth-order valence-electron chi connectivity index (χ4n) is 3.04. The molecule has 2 aromatic rings. The molecule has 10 nitrogen and oxygen atoms in total. The Hall–Kier alpha value is -2.50. The summed E-state index contributed by atoms with van der Waals surface area (Å²) < 4.78 is 32.6. The summed E-state index contributed by atoms with van der Waals surface area (Å²) in [4.78, 5) is 30.4. The van der Waals surface area contributed by atoms with Crippen LogP contribution in [0.15, 0.2) is 23.1 Å². The second kappa shape index (κ2) is 10.7. The summed E-state index contributed by atoms with van der Waals surface area (Å²) in [5.41, 5.74) is 1.33. The van der Waals surface area contributed by atoms with E-state index >= 15 is 0 Å². The number of benzene rings is 1. The van der Waals surface area contributed by atoms with Crippen molar-refractivity contribution in [2.75, 3.05) is 47.9 Å². The Morgan fingerprint density at radius 1 is 1.23 bits per heavy atom. The van der Waals surface area contributed by atoms with E-state index in [-0.39, 0.29) is 29.7 Å². The molecule has 1 heterocycles. The van der Waals surface area contributed by atoms with Gasteiger partial charge in [0.05, 0.1) is 22.5 Å². The lowest BCUT2D eigenvalue weighted by Gasteiger charge is -2.16. The Labute approximate surface area is 183 Å².